The molecule has 0 amide bonds. The lowest BCUT2D eigenvalue weighted by atomic mass is 9.99. The Balaban J connectivity index is 1.82. The zero-order valence-corrected chi connectivity index (χ0v) is 11.2. The van der Waals surface area contributed by atoms with Crippen LogP contribution in [0.5, 0.6) is 0 Å². The largest absolute Gasteiger partial charge is 0.396 e. The lowest BCUT2D eigenvalue weighted by Gasteiger charge is -2.45. The minimum Gasteiger partial charge on any atom is -0.396 e. The Hall–Kier alpha value is -1.73. The molecular weight excluding hydrogens is 236 g/mol. The van der Waals surface area contributed by atoms with E-state index in [2.05, 4.69) is 15.9 Å². The molecule has 0 bridgehead atoms. The molecule has 3 rings (SSSR count). The van der Waals surface area contributed by atoms with Crippen LogP contribution in [0, 0.1) is 11.3 Å². The maximum atomic E-state index is 9.07. The molecule has 1 unspecified atom stereocenters. The molecule has 1 atom stereocenters. The second kappa shape index (κ2) is 5.10. The van der Waals surface area contributed by atoms with Crippen molar-refractivity contribution in [1.82, 2.24) is 4.90 Å². The number of rotatable bonds is 1. The van der Waals surface area contributed by atoms with Crippen LogP contribution >= 0.6 is 0 Å². The van der Waals surface area contributed by atoms with Crippen LogP contribution < -0.4 is 10.6 Å². The predicted octanol–water partition coefficient (Wildman–Crippen LogP) is 1.81. The second-order valence-corrected chi connectivity index (χ2v) is 5.48. The number of nitrogens with zero attached hydrogens (tertiary/aromatic N) is 3. The first-order valence-corrected chi connectivity index (χ1v) is 7.07. The summed E-state index contributed by atoms with van der Waals surface area (Å²) in [4.78, 5) is 4.95. The molecule has 1 aromatic rings. The summed E-state index contributed by atoms with van der Waals surface area (Å²) in [5.41, 5.74) is 8.37. The van der Waals surface area contributed by atoms with Gasteiger partial charge in [-0.25, -0.2) is 0 Å². The summed E-state index contributed by atoms with van der Waals surface area (Å²) in [6, 6.07) is 8.58. The Kier molecular flexibility index (Phi) is 3.31. The summed E-state index contributed by atoms with van der Waals surface area (Å²) in [6.07, 6.45) is 3.96. The van der Waals surface area contributed by atoms with Gasteiger partial charge in [-0.15, -0.1) is 0 Å². The fraction of sp³-hybridized carbons (Fsp3) is 0.533. The van der Waals surface area contributed by atoms with E-state index in [1.165, 1.54) is 25.8 Å². The van der Waals surface area contributed by atoms with Crippen molar-refractivity contribution in [2.24, 2.45) is 0 Å². The van der Waals surface area contributed by atoms with Crippen LogP contribution in [0.1, 0.15) is 24.8 Å². The van der Waals surface area contributed by atoms with Crippen LogP contribution in [-0.4, -0.2) is 37.1 Å². The van der Waals surface area contributed by atoms with Gasteiger partial charge in [-0.3, -0.25) is 4.90 Å². The van der Waals surface area contributed by atoms with E-state index in [9.17, 15) is 0 Å². The molecule has 2 aliphatic heterocycles. The highest BCUT2D eigenvalue weighted by molar-refractivity contribution is 5.74. The minimum absolute atomic E-state index is 0.587. The smallest absolute Gasteiger partial charge is 0.101 e. The van der Waals surface area contributed by atoms with Gasteiger partial charge < -0.3 is 10.6 Å². The number of hydrogen-bond donors (Lipinski definition) is 1. The summed E-state index contributed by atoms with van der Waals surface area (Å²) >= 11 is 0. The van der Waals surface area contributed by atoms with Gasteiger partial charge in [-0.05, 0) is 31.5 Å². The SMILES string of the molecule is N#Cc1cccc(N2CCN3CCCCC3C2)c1N. The molecular formula is C15H20N4. The van der Waals surface area contributed by atoms with E-state index in [1.807, 2.05) is 12.1 Å². The number of benzene rings is 1. The highest BCUT2D eigenvalue weighted by Crippen LogP contribution is 2.30. The van der Waals surface area contributed by atoms with E-state index in [0.717, 1.165) is 25.3 Å². The first-order chi connectivity index (χ1) is 9.29. The van der Waals surface area contributed by atoms with Gasteiger partial charge in [0.2, 0.25) is 0 Å². The first-order valence-electron chi connectivity index (χ1n) is 7.07. The zero-order valence-electron chi connectivity index (χ0n) is 11.2. The highest BCUT2D eigenvalue weighted by atomic mass is 15.3. The van der Waals surface area contributed by atoms with E-state index in [-0.39, 0.29) is 0 Å². The third kappa shape index (κ3) is 2.26. The molecule has 100 valence electrons. The molecule has 1 aromatic carbocycles. The molecule has 2 aliphatic rings. The van der Waals surface area contributed by atoms with Gasteiger partial charge in [-0.2, -0.15) is 5.26 Å². The van der Waals surface area contributed by atoms with Crippen molar-refractivity contribution in [2.75, 3.05) is 36.8 Å². The summed E-state index contributed by atoms with van der Waals surface area (Å²) in [5.74, 6) is 0. The van der Waals surface area contributed by atoms with Crippen LogP contribution in [0.2, 0.25) is 0 Å². The van der Waals surface area contributed by atoms with E-state index in [1.54, 1.807) is 6.07 Å². The van der Waals surface area contributed by atoms with Gasteiger partial charge >= 0.3 is 0 Å². The van der Waals surface area contributed by atoms with Crippen LogP contribution in [0.3, 0.4) is 0 Å². The standard InChI is InChI=1S/C15H20N4/c16-10-12-4-3-6-14(15(12)17)19-9-8-18-7-2-1-5-13(18)11-19/h3-4,6,13H,1-2,5,7-9,11,17H2. The van der Waals surface area contributed by atoms with E-state index in [4.69, 9.17) is 11.0 Å². The maximum Gasteiger partial charge on any atom is 0.101 e. The molecule has 0 radical (unpaired) electrons. The van der Waals surface area contributed by atoms with Gasteiger partial charge in [0.15, 0.2) is 0 Å². The molecule has 2 N–H and O–H groups in total. The molecule has 0 saturated carbocycles. The number of piperidine rings is 1. The zero-order chi connectivity index (χ0) is 13.2. The summed E-state index contributed by atoms with van der Waals surface area (Å²) < 4.78 is 0. The lowest BCUT2D eigenvalue weighted by molar-refractivity contribution is 0.133. The number of nitrogen functional groups attached to an aromatic ring is 1. The topological polar surface area (TPSA) is 56.3 Å². The number of anilines is 2. The Morgan fingerprint density at radius 3 is 2.95 bits per heavy atom. The van der Waals surface area contributed by atoms with Gasteiger partial charge in [0.1, 0.15) is 6.07 Å². The van der Waals surface area contributed by atoms with Crippen LogP contribution in [0.25, 0.3) is 0 Å². The maximum absolute atomic E-state index is 9.07. The summed E-state index contributed by atoms with van der Waals surface area (Å²) in [5, 5.41) is 9.07. The summed E-state index contributed by atoms with van der Waals surface area (Å²) in [6.45, 7) is 4.40. The van der Waals surface area contributed by atoms with Gasteiger partial charge in [-0.1, -0.05) is 12.5 Å². The number of nitrogens with two attached hydrogens (primary N) is 1. The Morgan fingerprint density at radius 1 is 1.21 bits per heavy atom. The molecule has 2 fully saturated rings. The third-order valence-corrected chi connectivity index (χ3v) is 4.38. The first kappa shape index (κ1) is 12.3. The van der Waals surface area contributed by atoms with E-state index in [0.29, 0.717) is 17.3 Å². The number of nitriles is 1. The molecule has 2 heterocycles. The Morgan fingerprint density at radius 2 is 2.11 bits per heavy atom. The minimum atomic E-state index is 0.587. The average Bonchev–Trinajstić information content (AvgIpc) is 2.47. The van der Waals surface area contributed by atoms with Crippen molar-refractivity contribution >= 4 is 11.4 Å². The Bertz CT molecular complexity index is 505. The van der Waals surface area contributed by atoms with Gasteiger partial charge in [0.25, 0.3) is 0 Å². The second-order valence-electron chi connectivity index (χ2n) is 5.48. The molecule has 0 aliphatic carbocycles. The predicted molar refractivity (Wildman–Crippen MR) is 77.0 cm³/mol. The average molecular weight is 256 g/mol. The molecule has 0 spiro atoms. The molecule has 2 saturated heterocycles. The van der Waals surface area contributed by atoms with Crippen LogP contribution in [0.4, 0.5) is 11.4 Å². The van der Waals surface area contributed by atoms with Crippen molar-refractivity contribution in [2.45, 2.75) is 25.3 Å². The van der Waals surface area contributed by atoms with Gasteiger partial charge in [0, 0.05) is 25.7 Å². The number of hydrogen-bond acceptors (Lipinski definition) is 4. The Labute approximate surface area is 114 Å². The monoisotopic (exact) mass is 256 g/mol. The number of piperazine rings is 1. The van der Waals surface area contributed by atoms with Crippen molar-refractivity contribution in [3.8, 4) is 6.07 Å². The highest BCUT2D eigenvalue weighted by Gasteiger charge is 2.29. The quantitative estimate of drug-likeness (QED) is 0.779. The van der Waals surface area contributed by atoms with Crippen LogP contribution in [0.15, 0.2) is 18.2 Å². The summed E-state index contributed by atoms with van der Waals surface area (Å²) in [7, 11) is 0. The fourth-order valence-corrected chi connectivity index (χ4v) is 3.30. The van der Waals surface area contributed by atoms with E-state index < -0.39 is 0 Å². The molecule has 4 nitrogen and oxygen atoms in total. The van der Waals surface area contributed by atoms with Crippen molar-refractivity contribution < 1.29 is 0 Å². The van der Waals surface area contributed by atoms with Crippen molar-refractivity contribution in [1.29, 1.82) is 5.26 Å². The third-order valence-electron chi connectivity index (χ3n) is 4.38. The van der Waals surface area contributed by atoms with E-state index >= 15 is 0 Å². The van der Waals surface area contributed by atoms with Gasteiger partial charge in [0.05, 0.1) is 16.9 Å². The number of para-hydroxylation sites is 1. The lowest BCUT2D eigenvalue weighted by Crippen LogP contribution is -2.55. The molecule has 4 heteroatoms. The fourth-order valence-electron chi connectivity index (χ4n) is 3.30. The number of fused-ring (bicyclic) bond motifs is 1. The normalized spacial score (nSPS) is 23.7. The van der Waals surface area contributed by atoms with Crippen LogP contribution in [-0.2, 0) is 0 Å². The molecule has 19 heavy (non-hydrogen) atoms. The van der Waals surface area contributed by atoms with Crippen molar-refractivity contribution in [3.05, 3.63) is 23.8 Å². The molecule has 0 aromatic heterocycles. The van der Waals surface area contributed by atoms with Crippen molar-refractivity contribution in [3.63, 3.8) is 0 Å².